The number of hydrogen-bond acceptors (Lipinski definition) is 15. The number of aliphatic hydroxyl groups is 1. The third-order valence-electron chi connectivity index (χ3n) is 12.3. The summed E-state index contributed by atoms with van der Waals surface area (Å²) in [7, 11) is 4.85. The van der Waals surface area contributed by atoms with Crippen LogP contribution in [0, 0.1) is 5.82 Å². The van der Waals surface area contributed by atoms with Crippen molar-refractivity contribution in [1.29, 1.82) is 0 Å². The third kappa shape index (κ3) is 12.1. The lowest BCUT2D eigenvalue weighted by molar-refractivity contribution is -0.144. The highest BCUT2D eigenvalue weighted by Gasteiger charge is 2.40. The number of carbonyl (C=O) groups is 4. The number of amides is 4. The molecular formula is C47H62FN9O10S. The van der Waals surface area contributed by atoms with E-state index in [-0.39, 0.29) is 76.5 Å². The van der Waals surface area contributed by atoms with Gasteiger partial charge in [-0.15, -0.1) is 11.3 Å². The number of likely N-dealkylation sites (tertiary alicyclic amines) is 1. The van der Waals surface area contributed by atoms with Crippen LogP contribution in [0.25, 0.3) is 21.1 Å². The summed E-state index contributed by atoms with van der Waals surface area (Å²) in [5, 5.41) is 22.6. The quantitative estimate of drug-likeness (QED) is 0.0904. The number of piperidine rings is 1. The third-order valence-corrected chi connectivity index (χ3v) is 13.3. The molecule has 0 bridgehead atoms. The van der Waals surface area contributed by atoms with Crippen molar-refractivity contribution >= 4 is 56.1 Å². The van der Waals surface area contributed by atoms with Gasteiger partial charge in [0.05, 0.1) is 60.4 Å². The summed E-state index contributed by atoms with van der Waals surface area (Å²) in [6.45, 7) is 8.85. The van der Waals surface area contributed by atoms with Crippen LogP contribution in [0.5, 0.6) is 11.6 Å². The van der Waals surface area contributed by atoms with Crippen molar-refractivity contribution in [3.8, 4) is 11.6 Å². The fourth-order valence-electron chi connectivity index (χ4n) is 8.27. The standard InChI is InChI=1S/C47H62FN9O10S/c1-30(49-4)43(58)51-42(47(2,3)62)46(61)57-18-16-56(17-19-57)45(60)40-39(34-27-31(48)7-8-36(34)54(40)6)44(59)53(5)20-21-63-22-23-64-24-25-65-38-28-33(67-52-38)29-55-14-10-32(11-15-55)66-37-9-13-50-35-12-26-68-41(35)37/h7-9,12-13,26-28,30,32,42,49,62H,10-11,14-25,29H2,1-6H3,(H,51,58)/t30-,42+/m0/s1. The Morgan fingerprint density at radius 1 is 0.985 bits per heavy atom. The van der Waals surface area contributed by atoms with Crippen molar-refractivity contribution in [2.24, 2.45) is 7.05 Å². The Labute approximate surface area is 398 Å². The van der Waals surface area contributed by atoms with Crippen LogP contribution >= 0.6 is 11.3 Å². The minimum absolute atomic E-state index is 0.0615. The first-order chi connectivity index (χ1) is 32.6. The van der Waals surface area contributed by atoms with E-state index in [2.05, 4.69) is 25.7 Å². The van der Waals surface area contributed by atoms with Crippen LogP contribution in [0.15, 0.2) is 52.5 Å². The van der Waals surface area contributed by atoms with Crippen LogP contribution in [-0.4, -0.2) is 180 Å². The molecule has 2 saturated heterocycles. The largest absolute Gasteiger partial charge is 0.489 e. The van der Waals surface area contributed by atoms with E-state index in [0.29, 0.717) is 35.7 Å². The highest BCUT2D eigenvalue weighted by Crippen LogP contribution is 2.32. The molecule has 3 N–H and O–H groups in total. The summed E-state index contributed by atoms with van der Waals surface area (Å²) in [5.74, 6) is -0.425. The van der Waals surface area contributed by atoms with Gasteiger partial charge in [-0.2, -0.15) is 0 Å². The molecule has 368 valence electrons. The molecule has 68 heavy (non-hydrogen) atoms. The lowest BCUT2D eigenvalue weighted by Gasteiger charge is -2.39. The molecule has 19 nitrogen and oxygen atoms in total. The Morgan fingerprint density at radius 2 is 1.69 bits per heavy atom. The molecule has 0 saturated carbocycles. The van der Waals surface area contributed by atoms with Crippen LogP contribution in [0.1, 0.15) is 60.2 Å². The Morgan fingerprint density at radius 3 is 2.41 bits per heavy atom. The Hall–Kier alpha value is -5.71. The van der Waals surface area contributed by atoms with Gasteiger partial charge in [-0.3, -0.25) is 29.1 Å². The van der Waals surface area contributed by atoms with Crippen molar-refractivity contribution in [3.63, 3.8) is 0 Å². The second kappa shape index (κ2) is 22.6. The fraction of sp³-hybridized carbons (Fsp3) is 0.532. The number of nitrogens with one attached hydrogen (secondary N) is 2. The molecule has 0 spiro atoms. The minimum Gasteiger partial charge on any atom is -0.489 e. The van der Waals surface area contributed by atoms with E-state index in [1.807, 2.05) is 17.5 Å². The number of thiophene rings is 1. The molecule has 5 aromatic rings. The molecule has 1 aromatic carbocycles. The average molecular weight is 964 g/mol. The molecule has 21 heteroatoms. The summed E-state index contributed by atoms with van der Waals surface area (Å²) in [4.78, 5) is 65.8. The van der Waals surface area contributed by atoms with Gasteiger partial charge in [0.25, 0.3) is 17.7 Å². The molecule has 7 rings (SSSR count). The van der Waals surface area contributed by atoms with Crippen LogP contribution in [0.3, 0.4) is 0 Å². The maximum Gasteiger partial charge on any atom is 0.271 e. The van der Waals surface area contributed by atoms with Crippen molar-refractivity contribution in [3.05, 3.63) is 70.8 Å². The van der Waals surface area contributed by atoms with Crippen LogP contribution < -0.4 is 20.1 Å². The van der Waals surface area contributed by atoms with Gasteiger partial charge in [-0.1, -0.05) is 0 Å². The number of likely N-dealkylation sites (N-methyl/N-ethyl adjacent to an activating group) is 2. The predicted octanol–water partition coefficient (Wildman–Crippen LogP) is 3.29. The molecule has 2 aliphatic heterocycles. The maximum absolute atomic E-state index is 14.7. The lowest BCUT2D eigenvalue weighted by Crippen LogP contribution is -2.63. The van der Waals surface area contributed by atoms with E-state index in [1.165, 1.54) is 46.7 Å². The smallest absolute Gasteiger partial charge is 0.271 e. The number of benzene rings is 1. The van der Waals surface area contributed by atoms with Crippen LogP contribution in [0.2, 0.25) is 0 Å². The number of fused-ring (bicyclic) bond motifs is 2. The number of aromatic nitrogens is 3. The maximum atomic E-state index is 14.7. The first kappa shape index (κ1) is 50.2. The van der Waals surface area contributed by atoms with Gasteiger partial charge < -0.3 is 58.5 Å². The van der Waals surface area contributed by atoms with Crippen molar-refractivity contribution < 1.29 is 52.1 Å². The van der Waals surface area contributed by atoms with Crippen LogP contribution in [-0.2, 0) is 32.7 Å². The van der Waals surface area contributed by atoms with E-state index >= 15 is 0 Å². The minimum atomic E-state index is -1.57. The number of aryl methyl sites for hydroxylation is 1. The molecule has 0 aliphatic carbocycles. The molecular weight excluding hydrogens is 902 g/mol. The number of nitrogens with zero attached hydrogens (tertiary/aromatic N) is 7. The summed E-state index contributed by atoms with van der Waals surface area (Å²) in [6.07, 6.45) is 3.74. The van der Waals surface area contributed by atoms with Gasteiger partial charge in [0, 0.05) is 83.1 Å². The van der Waals surface area contributed by atoms with E-state index in [9.17, 15) is 28.7 Å². The Kier molecular flexibility index (Phi) is 16.7. The molecule has 6 heterocycles. The van der Waals surface area contributed by atoms with Gasteiger partial charge in [0.15, 0.2) is 5.76 Å². The highest BCUT2D eigenvalue weighted by molar-refractivity contribution is 7.17. The SMILES string of the molecule is CN[C@@H](C)C(=O)N[C@H](C(=O)N1CCN(C(=O)c2c(C(=O)N(C)CCOCCOCCOc3cc(CN4CCC(Oc5ccnc6ccsc56)CC4)on3)c3cc(F)ccc3n2C)CC1)C(C)(C)O. The first-order valence-electron chi connectivity index (χ1n) is 22.9. The number of halogens is 1. The number of ether oxygens (including phenoxy) is 4. The van der Waals surface area contributed by atoms with Crippen LogP contribution in [0.4, 0.5) is 4.39 Å². The number of rotatable bonds is 21. The number of pyridine rings is 1. The first-order valence-corrected chi connectivity index (χ1v) is 23.8. The topological polar surface area (TPSA) is 206 Å². The van der Waals surface area contributed by atoms with Crippen molar-refractivity contribution in [2.45, 2.75) is 63.9 Å². The van der Waals surface area contributed by atoms with Gasteiger partial charge in [-0.05, 0) is 81.5 Å². The monoisotopic (exact) mass is 963 g/mol. The Balaban J connectivity index is 0.821. The van der Waals surface area contributed by atoms with Gasteiger partial charge >= 0.3 is 0 Å². The van der Waals surface area contributed by atoms with Gasteiger partial charge in [0.2, 0.25) is 11.8 Å². The molecule has 4 amide bonds. The second-order valence-corrected chi connectivity index (χ2v) is 18.6. The zero-order valence-electron chi connectivity index (χ0n) is 39.5. The fourth-order valence-corrected chi connectivity index (χ4v) is 9.08. The Bertz CT molecular complexity index is 2530. The second-order valence-electron chi connectivity index (χ2n) is 17.6. The average Bonchev–Trinajstić information content (AvgIpc) is 4.07. The normalized spacial score (nSPS) is 16.0. The summed E-state index contributed by atoms with van der Waals surface area (Å²) in [5.41, 5.74) is 0.0445. The molecule has 2 fully saturated rings. The zero-order chi connectivity index (χ0) is 48.5. The molecule has 0 radical (unpaired) electrons. The van der Waals surface area contributed by atoms with E-state index in [4.69, 9.17) is 23.5 Å². The van der Waals surface area contributed by atoms with Crippen molar-refractivity contribution in [1.82, 2.24) is 44.9 Å². The lowest BCUT2D eigenvalue weighted by atomic mass is 9.96. The molecule has 2 aliphatic rings. The van der Waals surface area contributed by atoms with E-state index in [0.717, 1.165) is 41.9 Å². The van der Waals surface area contributed by atoms with E-state index < -0.39 is 47.1 Å². The van der Waals surface area contributed by atoms with Gasteiger partial charge in [0.1, 0.15) is 36.0 Å². The number of hydrogen-bond donors (Lipinski definition) is 3. The summed E-state index contributed by atoms with van der Waals surface area (Å²) >= 11 is 1.64. The zero-order valence-corrected chi connectivity index (χ0v) is 40.3. The molecule has 2 atom stereocenters. The predicted molar refractivity (Wildman–Crippen MR) is 251 cm³/mol. The van der Waals surface area contributed by atoms with E-state index in [1.54, 1.807) is 56.2 Å². The molecule has 0 unspecified atom stereocenters. The van der Waals surface area contributed by atoms with Gasteiger partial charge in [-0.25, -0.2) is 4.39 Å². The highest BCUT2D eigenvalue weighted by atomic mass is 32.1. The molecule has 4 aromatic heterocycles. The van der Waals surface area contributed by atoms with Crippen molar-refractivity contribution in [2.75, 3.05) is 92.9 Å². The number of carbonyl (C=O) groups excluding carboxylic acids is 4. The summed E-state index contributed by atoms with van der Waals surface area (Å²) < 4.78 is 46.3. The summed E-state index contributed by atoms with van der Waals surface area (Å²) in [6, 6.07) is 7.96. The number of piperazine rings is 1.